The number of aromatic nitrogens is 2. The van der Waals surface area contributed by atoms with Gasteiger partial charge in [-0.05, 0) is 98.2 Å². The number of carbonyl (C=O) groups excluding carboxylic acids is 1. The van der Waals surface area contributed by atoms with Crippen molar-refractivity contribution in [2.75, 3.05) is 24.7 Å². The van der Waals surface area contributed by atoms with E-state index in [1.807, 2.05) is 54.4 Å². The Morgan fingerprint density at radius 1 is 1.07 bits per heavy atom. The van der Waals surface area contributed by atoms with E-state index in [0.717, 1.165) is 36.1 Å². The molecule has 1 amide bonds. The molecular weight excluding hydrogens is 585 g/mol. The third-order valence-electron chi connectivity index (χ3n) is 7.70. The predicted octanol–water partition coefficient (Wildman–Crippen LogP) is 8.00. The lowest BCUT2D eigenvalue weighted by molar-refractivity contribution is -0.140. The van der Waals surface area contributed by atoms with E-state index in [2.05, 4.69) is 0 Å². The van der Waals surface area contributed by atoms with Crippen molar-refractivity contribution in [1.29, 1.82) is 0 Å². The number of nitrogens with zero attached hydrogens (tertiary/aromatic N) is 3. The average molecular weight is 618 g/mol. The fourth-order valence-electron chi connectivity index (χ4n) is 5.48. The monoisotopic (exact) mass is 617 g/mol. The van der Waals surface area contributed by atoms with Crippen LogP contribution in [0.25, 0.3) is 16.7 Å². The van der Waals surface area contributed by atoms with E-state index >= 15 is 0 Å². The van der Waals surface area contributed by atoms with Crippen LogP contribution in [0.2, 0.25) is 0 Å². The molecule has 2 heterocycles. The van der Waals surface area contributed by atoms with Gasteiger partial charge in [-0.1, -0.05) is 6.07 Å². The van der Waals surface area contributed by atoms with Crippen molar-refractivity contribution in [2.45, 2.75) is 45.3 Å². The Balaban J connectivity index is 1.55. The third-order valence-corrected chi connectivity index (χ3v) is 8.75. The van der Waals surface area contributed by atoms with Gasteiger partial charge in [0.25, 0.3) is 0 Å². The lowest BCUT2D eigenvalue weighted by Crippen LogP contribution is -2.40. The van der Waals surface area contributed by atoms with E-state index in [4.69, 9.17) is 9.72 Å². The van der Waals surface area contributed by atoms with Gasteiger partial charge in [0.1, 0.15) is 23.2 Å². The molecule has 0 unspecified atom stereocenters. The second kappa shape index (κ2) is 13.0. The first-order valence-corrected chi connectivity index (χ1v) is 15.3. The number of halogens is 5. The summed E-state index contributed by atoms with van der Waals surface area (Å²) in [4.78, 5) is 20.3. The molecule has 0 saturated carbocycles. The molecule has 0 bridgehead atoms. The molecule has 0 aliphatic carbocycles. The fraction of sp³-hybridized carbons (Fsp3) is 0.375. The molecule has 0 spiro atoms. The van der Waals surface area contributed by atoms with Crippen LogP contribution in [0.15, 0.2) is 60.7 Å². The Kier molecular flexibility index (Phi) is 9.29. The molecule has 1 saturated heterocycles. The maximum atomic E-state index is 14.3. The summed E-state index contributed by atoms with van der Waals surface area (Å²) in [6.07, 6.45) is -3.42. The van der Waals surface area contributed by atoms with E-state index in [-0.39, 0.29) is 17.9 Å². The minimum absolute atomic E-state index is 0.0669. The van der Waals surface area contributed by atoms with E-state index in [0.29, 0.717) is 41.8 Å². The molecule has 1 aliphatic heterocycles. The van der Waals surface area contributed by atoms with Crippen LogP contribution in [0.4, 0.5) is 22.0 Å². The standard InChI is InChI=1S/C32H32F5N3O2S/c1-3-42-25-8-6-24(7-9-25)40-29-11-5-23(33)18-28(29)38-31(40)20(2)39(19-21-12-14-43-15-13-21)30(41)17-22-4-10-27(34)26(16-22)32(35,36)37/h4-11,16,18,20-21H,3,12-15,17,19H2,1-2H3/t20-/m1/s1. The van der Waals surface area contributed by atoms with Crippen LogP contribution in [0.1, 0.15) is 49.7 Å². The summed E-state index contributed by atoms with van der Waals surface area (Å²) < 4.78 is 75.9. The van der Waals surface area contributed by atoms with Gasteiger partial charge in [0, 0.05) is 18.3 Å². The van der Waals surface area contributed by atoms with Crippen molar-refractivity contribution in [3.63, 3.8) is 0 Å². The van der Waals surface area contributed by atoms with Gasteiger partial charge in [0.2, 0.25) is 5.91 Å². The SMILES string of the molecule is CCOc1ccc(-n2c([C@@H](C)N(CC3CCSCC3)C(=O)Cc3ccc(F)c(C(F)(F)F)c3)nc3cc(F)ccc32)cc1. The molecular formula is C32H32F5N3O2S. The first kappa shape index (κ1) is 30.8. The number of hydrogen-bond donors (Lipinski definition) is 0. The number of thioether (sulfide) groups is 1. The van der Waals surface area contributed by atoms with Crippen LogP contribution in [0.3, 0.4) is 0 Å². The highest BCUT2D eigenvalue weighted by Gasteiger charge is 2.35. The van der Waals surface area contributed by atoms with Crippen LogP contribution in [-0.4, -0.2) is 45.0 Å². The van der Waals surface area contributed by atoms with Gasteiger partial charge < -0.3 is 9.64 Å². The number of alkyl halides is 3. The number of imidazole rings is 1. The van der Waals surface area contributed by atoms with Gasteiger partial charge in [0.05, 0.1) is 35.7 Å². The molecule has 5 rings (SSSR count). The summed E-state index contributed by atoms with van der Waals surface area (Å²) in [6.45, 7) is 4.60. The predicted molar refractivity (Wildman–Crippen MR) is 157 cm³/mol. The van der Waals surface area contributed by atoms with Crippen molar-refractivity contribution in [3.05, 3.63) is 89.2 Å². The van der Waals surface area contributed by atoms with Crippen molar-refractivity contribution in [2.24, 2.45) is 5.92 Å². The van der Waals surface area contributed by atoms with Crippen molar-refractivity contribution in [3.8, 4) is 11.4 Å². The topological polar surface area (TPSA) is 47.4 Å². The molecule has 1 aromatic heterocycles. The highest BCUT2D eigenvalue weighted by atomic mass is 32.2. The second-order valence-corrected chi connectivity index (χ2v) is 11.9. The Labute approximate surface area is 251 Å². The first-order chi connectivity index (χ1) is 20.5. The van der Waals surface area contributed by atoms with Gasteiger partial charge in [-0.3, -0.25) is 9.36 Å². The molecule has 0 radical (unpaired) electrons. The number of fused-ring (bicyclic) bond motifs is 1. The lowest BCUT2D eigenvalue weighted by Gasteiger charge is -2.34. The van der Waals surface area contributed by atoms with Gasteiger partial charge >= 0.3 is 6.18 Å². The zero-order valence-electron chi connectivity index (χ0n) is 23.8. The molecule has 3 aromatic carbocycles. The number of ether oxygens (including phenoxy) is 1. The van der Waals surface area contributed by atoms with Crippen LogP contribution in [-0.2, 0) is 17.4 Å². The van der Waals surface area contributed by atoms with Gasteiger partial charge in [0.15, 0.2) is 0 Å². The lowest BCUT2D eigenvalue weighted by atomic mass is 10.00. The number of rotatable bonds is 9. The molecule has 228 valence electrons. The highest BCUT2D eigenvalue weighted by molar-refractivity contribution is 7.99. The van der Waals surface area contributed by atoms with Crippen molar-refractivity contribution < 1.29 is 31.5 Å². The zero-order valence-corrected chi connectivity index (χ0v) is 24.7. The summed E-state index contributed by atoms with van der Waals surface area (Å²) in [5, 5.41) is 0. The number of carbonyl (C=O) groups is 1. The largest absolute Gasteiger partial charge is 0.494 e. The van der Waals surface area contributed by atoms with Gasteiger partial charge in [-0.15, -0.1) is 0 Å². The first-order valence-electron chi connectivity index (χ1n) is 14.2. The van der Waals surface area contributed by atoms with E-state index in [1.54, 1.807) is 11.0 Å². The van der Waals surface area contributed by atoms with Crippen LogP contribution >= 0.6 is 11.8 Å². The minimum Gasteiger partial charge on any atom is -0.494 e. The Bertz CT molecular complexity index is 1580. The van der Waals surface area contributed by atoms with Crippen molar-refractivity contribution >= 4 is 28.7 Å². The number of benzene rings is 3. The maximum absolute atomic E-state index is 14.3. The Morgan fingerprint density at radius 2 is 1.79 bits per heavy atom. The summed E-state index contributed by atoms with van der Waals surface area (Å²) in [5.74, 6) is 1.04. The second-order valence-electron chi connectivity index (χ2n) is 10.6. The maximum Gasteiger partial charge on any atom is 0.419 e. The Hall–Kier alpha value is -3.60. The smallest absolute Gasteiger partial charge is 0.419 e. The zero-order chi connectivity index (χ0) is 30.7. The molecule has 1 fully saturated rings. The molecule has 1 aliphatic rings. The molecule has 43 heavy (non-hydrogen) atoms. The van der Waals surface area contributed by atoms with Crippen LogP contribution in [0, 0.1) is 17.6 Å². The number of hydrogen-bond acceptors (Lipinski definition) is 4. The highest BCUT2D eigenvalue weighted by Crippen LogP contribution is 2.34. The van der Waals surface area contributed by atoms with Crippen LogP contribution < -0.4 is 4.74 Å². The average Bonchev–Trinajstić information content (AvgIpc) is 3.35. The molecule has 4 aromatic rings. The van der Waals surface area contributed by atoms with Gasteiger partial charge in [-0.2, -0.15) is 24.9 Å². The third kappa shape index (κ3) is 6.98. The molecule has 5 nitrogen and oxygen atoms in total. The minimum atomic E-state index is -4.88. The molecule has 11 heteroatoms. The summed E-state index contributed by atoms with van der Waals surface area (Å²) >= 11 is 1.85. The van der Waals surface area contributed by atoms with Crippen LogP contribution in [0.5, 0.6) is 5.75 Å². The Morgan fingerprint density at radius 3 is 2.47 bits per heavy atom. The quantitative estimate of drug-likeness (QED) is 0.179. The normalized spacial score (nSPS) is 15.0. The van der Waals surface area contributed by atoms with Crippen molar-refractivity contribution in [1.82, 2.24) is 14.5 Å². The van der Waals surface area contributed by atoms with Gasteiger partial charge in [-0.25, -0.2) is 13.8 Å². The van der Waals surface area contributed by atoms with E-state index < -0.39 is 35.3 Å². The van der Waals surface area contributed by atoms with E-state index in [9.17, 15) is 26.7 Å². The summed E-state index contributed by atoms with van der Waals surface area (Å²) in [7, 11) is 0. The fourth-order valence-corrected chi connectivity index (χ4v) is 6.68. The number of amides is 1. The van der Waals surface area contributed by atoms with E-state index in [1.165, 1.54) is 18.2 Å². The molecule has 0 N–H and O–H groups in total. The molecule has 1 atom stereocenters. The summed E-state index contributed by atoms with van der Waals surface area (Å²) in [6, 6.07) is 13.7. The summed E-state index contributed by atoms with van der Waals surface area (Å²) in [5.41, 5.74) is 0.445.